The number of hydrogen-bond donors (Lipinski definition) is 3. The van der Waals surface area contributed by atoms with Crippen molar-refractivity contribution in [3.63, 3.8) is 0 Å². The highest BCUT2D eigenvalue weighted by Crippen LogP contribution is 2.57. The highest BCUT2D eigenvalue weighted by Gasteiger charge is 2.54. The number of halogens is 1. The number of aromatic nitrogens is 3. The Labute approximate surface area is 200 Å². The minimum atomic E-state index is -3.96. The quantitative estimate of drug-likeness (QED) is 0.437. The number of ether oxygens (including phenoxy) is 1. The maximum atomic E-state index is 13.1. The molecule has 2 aliphatic heterocycles. The summed E-state index contributed by atoms with van der Waals surface area (Å²) >= 11 is 6.05. The van der Waals surface area contributed by atoms with Gasteiger partial charge in [-0.1, -0.05) is 23.7 Å². The molecule has 1 unspecified atom stereocenters. The molecule has 0 aliphatic carbocycles. The third kappa shape index (κ3) is 4.23. The fourth-order valence-electron chi connectivity index (χ4n) is 4.23. The maximum Gasteiger partial charge on any atom is 0.475 e. The lowest BCUT2D eigenvalue weighted by Gasteiger charge is -2.30. The standard InChI is InChI=1S/C21H24ClN4O7P/c1-21(28)17(27)16(32-20(21)26-7-5-14-18(23)24-11-25-19(14)26)10-31-34(29)30-8-6-15(33-34)12-3-2-4-13(22)9-12/h2-5,7,9,11,15-17,20,27-28H,6,8,10H2,1H3,(H2,23,24,25)/t15-,16-,17-,20-,21-,34?/m1/s1. The summed E-state index contributed by atoms with van der Waals surface area (Å²) in [5.41, 5.74) is 5.36. The fraction of sp³-hybridized carbons (Fsp3) is 0.429. The molecule has 2 saturated heterocycles. The number of hydrogen-bond acceptors (Lipinski definition) is 10. The molecule has 3 aromatic rings. The summed E-state index contributed by atoms with van der Waals surface area (Å²) in [5.74, 6) is 0.278. The molecule has 13 heteroatoms. The predicted molar refractivity (Wildman–Crippen MR) is 122 cm³/mol. The van der Waals surface area contributed by atoms with Gasteiger partial charge in [-0.25, -0.2) is 14.5 Å². The third-order valence-corrected chi connectivity index (χ3v) is 7.76. The van der Waals surface area contributed by atoms with Crippen molar-refractivity contribution in [1.82, 2.24) is 14.5 Å². The van der Waals surface area contributed by atoms with Gasteiger partial charge >= 0.3 is 7.82 Å². The fourth-order valence-corrected chi connectivity index (χ4v) is 5.83. The molecule has 11 nitrogen and oxygen atoms in total. The molecule has 0 spiro atoms. The Morgan fingerprint density at radius 1 is 1.38 bits per heavy atom. The van der Waals surface area contributed by atoms with Crippen molar-refractivity contribution >= 4 is 36.3 Å². The van der Waals surface area contributed by atoms with Crippen LogP contribution in [0.4, 0.5) is 5.82 Å². The largest absolute Gasteiger partial charge is 0.475 e. The van der Waals surface area contributed by atoms with Crippen molar-refractivity contribution in [2.75, 3.05) is 18.9 Å². The third-order valence-electron chi connectivity index (χ3n) is 6.05. The maximum absolute atomic E-state index is 13.1. The van der Waals surface area contributed by atoms with Crippen molar-refractivity contribution in [3.05, 3.63) is 53.4 Å². The van der Waals surface area contributed by atoms with Crippen LogP contribution in [0.3, 0.4) is 0 Å². The minimum absolute atomic E-state index is 0.152. The van der Waals surface area contributed by atoms with Gasteiger partial charge in [0, 0.05) is 17.6 Å². The van der Waals surface area contributed by atoms with E-state index in [1.807, 2.05) is 6.07 Å². The highest BCUT2D eigenvalue weighted by atomic mass is 35.5. The van der Waals surface area contributed by atoms with Gasteiger partial charge in [0.05, 0.1) is 24.7 Å². The van der Waals surface area contributed by atoms with Gasteiger partial charge in [0.25, 0.3) is 0 Å². The number of aliphatic hydroxyl groups excluding tert-OH is 1. The van der Waals surface area contributed by atoms with Gasteiger partial charge in [-0.05, 0) is 30.7 Å². The van der Waals surface area contributed by atoms with E-state index in [4.69, 9.17) is 35.6 Å². The number of phosphoric acid groups is 1. The van der Waals surface area contributed by atoms with Gasteiger partial charge in [-0.15, -0.1) is 0 Å². The van der Waals surface area contributed by atoms with Crippen molar-refractivity contribution in [2.24, 2.45) is 0 Å². The second-order valence-corrected chi connectivity index (χ2v) is 10.5. The van der Waals surface area contributed by atoms with Crippen LogP contribution >= 0.6 is 19.4 Å². The van der Waals surface area contributed by atoms with E-state index in [0.717, 1.165) is 5.56 Å². The smallest absolute Gasteiger partial charge is 0.387 e. The first-order chi connectivity index (χ1) is 16.2. The summed E-state index contributed by atoms with van der Waals surface area (Å²) in [6.45, 7) is 1.24. The molecule has 1 aromatic carbocycles. The van der Waals surface area contributed by atoms with Crippen molar-refractivity contribution in [3.8, 4) is 0 Å². The van der Waals surface area contributed by atoms with Gasteiger partial charge in [0.2, 0.25) is 0 Å². The Morgan fingerprint density at radius 3 is 3.00 bits per heavy atom. The Hall–Kier alpha value is -2.08. The van der Waals surface area contributed by atoms with Crippen LogP contribution in [0.1, 0.15) is 31.2 Å². The molecular formula is C21H24ClN4O7P. The van der Waals surface area contributed by atoms with Crippen LogP contribution in [0.25, 0.3) is 11.0 Å². The number of anilines is 1. The molecule has 4 N–H and O–H groups in total. The monoisotopic (exact) mass is 510 g/mol. The van der Waals surface area contributed by atoms with Crippen LogP contribution < -0.4 is 5.73 Å². The molecule has 34 heavy (non-hydrogen) atoms. The van der Waals surface area contributed by atoms with Crippen molar-refractivity contribution in [1.29, 1.82) is 0 Å². The molecule has 4 heterocycles. The lowest BCUT2D eigenvalue weighted by molar-refractivity contribution is -0.0950. The Balaban J connectivity index is 1.31. The van der Waals surface area contributed by atoms with Crippen LogP contribution in [0.5, 0.6) is 0 Å². The number of phosphoric ester groups is 1. The first-order valence-electron chi connectivity index (χ1n) is 10.6. The Kier molecular flexibility index (Phi) is 6.16. The van der Waals surface area contributed by atoms with Gasteiger partial charge in [-0.3, -0.25) is 13.6 Å². The lowest BCUT2D eigenvalue weighted by Crippen LogP contribution is -2.44. The normalized spacial score (nSPS) is 34.0. The average Bonchev–Trinajstić information content (AvgIpc) is 3.32. The van der Waals surface area contributed by atoms with Gasteiger partial charge in [0.15, 0.2) is 6.23 Å². The van der Waals surface area contributed by atoms with Crippen molar-refractivity contribution < 1.29 is 33.1 Å². The summed E-state index contributed by atoms with van der Waals surface area (Å²) in [7, 11) is -3.96. The molecule has 5 rings (SSSR count). The molecule has 6 atom stereocenters. The number of rotatable bonds is 5. The summed E-state index contributed by atoms with van der Waals surface area (Å²) in [6.07, 6.45) is -0.532. The molecule has 2 aliphatic rings. The summed E-state index contributed by atoms with van der Waals surface area (Å²) in [6, 6.07) is 8.74. The minimum Gasteiger partial charge on any atom is -0.387 e. The van der Waals surface area contributed by atoms with Gasteiger partial charge in [0.1, 0.15) is 35.6 Å². The van der Waals surface area contributed by atoms with Crippen LogP contribution in [0.15, 0.2) is 42.9 Å². The van der Waals surface area contributed by atoms with E-state index < -0.39 is 38.0 Å². The number of aliphatic hydroxyl groups is 2. The zero-order valence-electron chi connectivity index (χ0n) is 18.2. The molecule has 0 saturated carbocycles. The topological polar surface area (TPSA) is 151 Å². The summed E-state index contributed by atoms with van der Waals surface area (Å²) < 4.78 is 37.1. The molecule has 0 amide bonds. The van der Waals surface area contributed by atoms with Crippen LogP contribution in [0.2, 0.25) is 5.02 Å². The number of nitrogens with zero attached hydrogens (tertiary/aromatic N) is 3. The van der Waals surface area contributed by atoms with Gasteiger partial charge < -0.3 is 25.3 Å². The second kappa shape index (κ2) is 8.85. The highest BCUT2D eigenvalue weighted by molar-refractivity contribution is 7.48. The predicted octanol–water partition coefficient (Wildman–Crippen LogP) is 2.98. The van der Waals surface area contributed by atoms with Crippen LogP contribution in [-0.2, 0) is 22.9 Å². The number of benzene rings is 1. The zero-order chi connectivity index (χ0) is 24.1. The van der Waals surface area contributed by atoms with E-state index in [2.05, 4.69) is 9.97 Å². The summed E-state index contributed by atoms with van der Waals surface area (Å²) in [5, 5.41) is 22.9. The Morgan fingerprint density at radius 2 is 2.21 bits per heavy atom. The molecule has 2 fully saturated rings. The number of nitrogen functional groups attached to an aromatic ring is 1. The number of fused-ring (bicyclic) bond motifs is 1. The van der Waals surface area contributed by atoms with Crippen LogP contribution in [0, 0.1) is 0 Å². The Bertz CT molecular complexity index is 1250. The average molecular weight is 511 g/mol. The van der Waals surface area contributed by atoms with E-state index in [1.165, 1.54) is 13.3 Å². The summed E-state index contributed by atoms with van der Waals surface area (Å²) in [4.78, 5) is 8.16. The molecule has 2 aromatic heterocycles. The molecule has 0 bridgehead atoms. The number of nitrogens with two attached hydrogens (primary N) is 1. The van der Waals surface area contributed by atoms with E-state index >= 15 is 0 Å². The lowest BCUT2D eigenvalue weighted by atomic mass is 9.96. The molecule has 182 valence electrons. The second-order valence-electron chi connectivity index (χ2n) is 8.43. The van der Waals surface area contributed by atoms with E-state index in [9.17, 15) is 14.8 Å². The van der Waals surface area contributed by atoms with E-state index in [-0.39, 0.29) is 19.0 Å². The van der Waals surface area contributed by atoms with Crippen molar-refractivity contribution in [2.45, 2.75) is 43.5 Å². The molecular weight excluding hydrogens is 487 g/mol. The SMILES string of the molecule is C[C@@]1(O)[C@H](O)[C@@H](COP2(=O)OCC[C@H](c3cccc(Cl)c3)O2)O[C@H]1n1ccc2c(N)ncnc21. The van der Waals surface area contributed by atoms with E-state index in [1.54, 1.807) is 35.0 Å². The first-order valence-corrected chi connectivity index (χ1v) is 12.5. The van der Waals surface area contributed by atoms with Gasteiger partial charge in [-0.2, -0.15) is 0 Å². The van der Waals surface area contributed by atoms with E-state index in [0.29, 0.717) is 22.5 Å². The van der Waals surface area contributed by atoms with Crippen LogP contribution in [-0.4, -0.2) is 55.8 Å². The zero-order valence-corrected chi connectivity index (χ0v) is 19.8. The first kappa shape index (κ1) is 23.7. The molecule has 0 radical (unpaired) electrons.